The number of thiophene rings is 1. The lowest BCUT2D eigenvalue weighted by atomic mass is 10.1. The van der Waals surface area contributed by atoms with Gasteiger partial charge in [-0.3, -0.25) is 0 Å². The molecular weight excluding hydrogens is 286 g/mol. The maximum atomic E-state index is 6.06. The number of hydrogen-bond acceptors (Lipinski definition) is 2. The Balaban J connectivity index is 1.64. The zero-order valence-electron chi connectivity index (χ0n) is 10.9. The Kier molecular flexibility index (Phi) is 2.94. The molecule has 0 radical (unpaired) electrons. The Hall–Kier alpha value is -1.51. The van der Waals surface area contributed by atoms with Crippen LogP contribution in [0.2, 0.25) is 5.02 Å². The molecule has 2 aromatic carbocycles. The molecule has 3 aromatic rings. The summed E-state index contributed by atoms with van der Waals surface area (Å²) >= 11 is 7.85. The first-order valence-corrected chi connectivity index (χ1v) is 8.07. The monoisotopic (exact) mass is 299 g/mol. The molecule has 0 bridgehead atoms. The normalized spacial score (nSPS) is 17.4. The smallest absolute Gasteiger partial charge is 0.0519 e. The van der Waals surface area contributed by atoms with Crippen molar-refractivity contribution in [2.45, 2.75) is 18.9 Å². The van der Waals surface area contributed by atoms with Crippen molar-refractivity contribution in [1.29, 1.82) is 0 Å². The molecule has 1 aromatic heterocycles. The summed E-state index contributed by atoms with van der Waals surface area (Å²) < 4.78 is 1.34. The summed E-state index contributed by atoms with van der Waals surface area (Å²) in [7, 11) is 0. The minimum atomic E-state index is 0.401. The topological polar surface area (TPSA) is 12.0 Å². The van der Waals surface area contributed by atoms with E-state index in [-0.39, 0.29) is 0 Å². The highest BCUT2D eigenvalue weighted by Crippen LogP contribution is 2.36. The van der Waals surface area contributed by atoms with E-state index in [2.05, 4.69) is 47.1 Å². The van der Waals surface area contributed by atoms with E-state index in [1.54, 1.807) is 11.3 Å². The molecule has 0 aliphatic heterocycles. The Morgan fingerprint density at radius 2 is 2.05 bits per heavy atom. The molecule has 0 spiro atoms. The van der Waals surface area contributed by atoms with Gasteiger partial charge >= 0.3 is 0 Å². The first-order chi connectivity index (χ1) is 9.79. The Morgan fingerprint density at radius 3 is 3.00 bits per heavy atom. The molecule has 0 amide bonds. The summed E-state index contributed by atoms with van der Waals surface area (Å²) in [4.78, 5) is 0. The third-order valence-electron chi connectivity index (χ3n) is 3.98. The van der Waals surface area contributed by atoms with Gasteiger partial charge in [-0.15, -0.1) is 11.3 Å². The van der Waals surface area contributed by atoms with Crippen LogP contribution >= 0.6 is 22.9 Å². The van der Waals surface area contributed by atoms with Crippen LogP contribution < -0.4 is 5.32 Å². The van der Waals surface area contributed by atoms with Gasteiger partial charge in [-0.2, -0.15) is 0 Å². The van der Waals surface area contributed by atoms with Gasteiger partial charge in [0.25, 0.3) is 0 Å². The van der Waals surface area contributed by atoms with Crippen LogP contribution in [-0.4, -0.2) is 0 Å². The Morgan fingerprint density at radius 1 is 1.10 bits per heavy atom. The number of aryl methyl sites for hydroxylation is 1. The molecule has 1 atom stereocenters. The Labute approximate surface area is 127 Å². The molecule has 1 N–H and O–H groups in total. The molecule has 3 heteroatoms. The van der Waals surface area contributed by atoms with Crippen molar-refractivity contribution in [3.63, 3.8) is 0 Å². The second kappa shape index (κ2) is 4.80. The predicted octanol–water partition coefficient (Wildman–Crippen LogP) is 5.65. The van der Waals surface area contributed by atoms with Gasteiger partial charge in [-0.25, -0.2) is 0 Å². The summed E-state index contributed by atoms with van der Waals surface area (Å²) in [6.07, 6.45) is 2.24. The van der Waals surface area contributed by atoms with Gasteiger partial charge in [-0.05, 0) is 71.1 Å². The lowest BCUT2D eigenvalue weighted by Gasteiger charge is -2.15. The van der Waals surface area contributed by atoms with Crippen LogP contribution in [0.5, 0.6) is 0 Å². The van der Waals surface area contributed by atoms with Crippen molar-refractivity contribution >= 4 is 38.7 Å². The highest BCUT2D eigenvalue weighted by atomic mass is 35.5. The zero-order valence-corrected chi connectivity index (χ0v) is 12.5. The fraction of sp³-hybridized carbons (Fsp3) is 0.176. The zero-order chi connectivity index (χ0) is 13.5. The lowest BCUT2D eigenvalue weighted by Crippen LogP contribution is -2.06. The van der Waals surface area contributed by atoms with Crippen LogP contribution in [0.1, 0.15) is 23.6 Å². The van der Waals surface area contributed by atoms with Gasteiger partial charge in [0, 0.05) is 15.4 Å². The minimum Gasteiger partial charge on any atom is -0.378 e. The SMILES string of the molecule is Clc1ccc2c(c1)CCC2Nc1ccc2sccc2c1. The molecule has 0 saturated carbocycles. The molecule has 1 unspecified atom stereocenters. The average Bonchev–Trinajstić information content (AvgIpc) is 3.05. The number of benzene rings is 2. The molecule has 4 rings (SSSR count). The molecule has 20 heavy (non-hydrogen) atoms. The minimum absolute atomic E-state index is 0.401. The van der Waals surface area contributed by atoms with E-state index < -0.39 is 0 Å². The summed E-state index contributed by atoms with van der Waals surface area (Å²) in [5.41, 5.74) is 3.97. The van der Waals surface area contributed by atoms with Gasteiger partial charge < -0.3 is 5.32 Å². The molecule has 100 valence electrons. The van der Waals surface area contributed by atoms with Crippen molar-refractivity contribution in [2.75, 3.05) is 5.32 Å². The fourth-order valence-corrected chi connectivity index (χ4v) is 3.96. The second-order valence-electron chi connectivity index (χ2n) is 5.25. The van der Waals surface area contributed by atoms with Crippen LogP contribution in [0.25, 0.3) is 10.1 Å². The number of hydrogen-bond donors (Lipinski definition) is 1. The molecule has 1 nitrogen and oxygen atoms in total. The quantitative estimate of drug-likeness (QED) is 0.644. The van der Waals surface area contributed by atoms with Crippen LogP contribution in [0.4, 0.5) is 5.69 Å². The van der Waals surface area contributed by atoms with E-state index in [0.29, 0.717) is 6.04 Å². The van der Waals surface area contributed by atoms with E-state index in [4.69, 9.17) is 11.6 Å². The van der Waals surface area contributed by atoms with Crippen LogP contribution in [0.15, 0.2) is 47.8 Å². The van der Waals surface area contributed by atoms with Crippen molar-refractivity contribution in [1.82, 2.24) is 0 Å². The van der Waals surface area contributed by atoms with Gasteiger partial charge in [-0.1, -0.05) is 17.7 Å². The molecule has 0 saturated heterocycles. The van der Waals surface area contributed by atoms with E-state index in [1.165, 1.54) is 26.9 Å². The summed E-state index contributed by atoms with van der Waals surface area (Å²) in [5, 5.41) is 7.95. The van der Waals surface area contributed by atoms with Gasteiger partial charge in [0.1, 0.15) is 0 Å². The van der Waals surface area contributed by atoms with Crippen LogP contribution in [-0.2, 0) is 6.42 Å². The number of fused-ring (bicyclic) bond motifs is 2. The van der Waals surface area contributed by atoms with Gasteiger partial charge in [0.05, 0.1) is 6.04 Å². The average molecular weight is 300 g/mol. The van der Waals surface area contributed by atoms with Gasteiger partial charge in [0.15, 0.2) is 0 Å². The third kappa shape index (κ3) is 2.09. The lowest BCUT2D eigenvalue weighted by molar-refractivity contribution is 0.762. The molecule has 1 aliphatic rings. The summed E-state index contributed by atoms with van der Waals surface area (Å²) in [6.45, 7) is 0. The van der Waals surface area contributed by atoms with Crippen molar-refractivity contribution in [2.24, 2.45) is 0 Å². The fourth-order valence-electron chi connectivity index (χ4n) is 2.99. The maximum Gasteiger partial charge on any atom is 0.0519 e. The first kappa shape index (κ1) is 12.2. The standard InChI is InChI=1S/C17H14ClNS/c18-13-2-4-15-11(9-13)1-5-16(15)19-14-3-6-17-12(10-14)7-8-20-17/h2-4,6-10,16,19H,1,5H2. The van der Waals surface area contributed by atoms with Crippen LogP contribution in [0.3, 0.4) is 0 Å². The van der Waals surface area contributed by atoms with Crippen molar-refractivity contribution < 1.29 is 0 Å². The molecular formula is C17H14ClNS. The van der Waals surface area contributed by atoms with E-state index >= 15 is 0 Å². The first-order valence-electron chi connectivity index (χ1n) is 6.82. The highest BCUT2D eigenvalue weighted by molar-refractivity contribution is 7.17. The number of halogens is 1. The summed E-state index contributed by atoms with van der Waals surface area (Å²) in [5.74, 6) is 0. The van der Waals surface area contributed by atoms with Crippen molar-refractivity contribution in [3.05, 3.63) is 64.0 Å². The maximum absolute atomic E-state index is 6.06. The summed E-state index contributed by atoms with van der Waals surface area (Å²) in [6, 6.07) is 15.4. The highest BCUT2D eigenvalue weighted by Gasteiger charge is 2.22. The Bertz CT molecular complexity index is 778. The number of anilines is 1. The molecule has 0 fully saturated rings. The van der Waals surface area contributed by atoms with Crippen molar-refractivity contribution in [3.8, 4) is 0 Å². The van der Waals surface area contributed by atoms with Crippen LogP contribution in [0, 0.1) is 0 Å². The second-order valence-corrected chi connectivity index (χ2v) is 6.64. The molecule has 1 aliphatic carbocycles. The van der Waals surface area contributed by atoms with Gasteiger partial charge in [0.2, 0.25) is 0 Å². The largest absolute Gasteiger partial charge is 0.378 e. The molecule has 1 heterocycles. The predicted molar refractivity (Wildman–Crippen MR) is 88.0 cm³/mol. The number of nitrogens with one attached hydrogen (secondary N) is 1. The third-order valence-corrected chi connectivity index (χ3v) is 5.11. The number of rotatable bonds is 2. The van der Waals surface area contributed by atoms with E-state index in [9.17, 15) is 0 Å². The van der Waals surface area contributed by atoms with E-state index in [0.717, 1.165) is 17.9 Å². The van der Waals surface area contributed by atoms with E-state index in [1.807, 2.05) is 6.07 Å².